The van der Waals surface area contributed by atoms with Crippen molar-refractivity contribution in [1.82, 2.24) is 0 Å². The highest BCUT2D eigenvalue weighted by Crippen LogP contribution is 2.42. The number of aliphatic hydroxyl groups excluding tert-OH is 1. The van der Waals surface area contributed by atoms with E-state index in [1.807, 2.05) is 12.1 Å². The van der Waals surface area contributed by atoms with Crippen molar-refractivity contribution < 1.29 is 14.6 Å². The van der Waals surface area contributed by atoms with Crippen LogP contribution in [0.25, 0.3) is 0 Å². The topological polar surface area (TPSA) is 38.7 Å². The van der Waals surface area contributed by atoms with E-state index in [1.165, 1.54) is 0 Å². The van der Waals surface area contributed by atoms with Gasteiger partial charge in [0.25, 0.3) is 0 Å². The average Bonchev–Trinajstić information content (AvgIpc) is 2.77. The Labute approximate surface area is 116 Å². The second-order valence-electron chi connectivity index (χ2n) is 4.88. The Morgan fingerprint density at radius 1 is 1.39 bits per heavy atom. The minimum absolute atomic E-state index is 0.250. The third-order valence-electron chi connectivity index (χ3n) is 3.24. The Morgan fingerprint density at radius 3 is 2.89 bits per heavy atom. The van der Waals surface area contributed by atoms with Crippen molar-refractivity contribution in [2.24, 2.45) is 5.92 Å². The smallest absolute Gasteiger partial charge is 0.231 e. The molecule has 1 aliphatic heterocycles. The number of hydrogen-bond donors (Lipinski definition) is 1. The van der Waals surface area contributed by atoms with Gasteiger partial charge in [-0.05, 0) is 46.0 Å². The molecular formula is C14H19BrO3. The van der Waals surface area contributed by atoms with Crippen LogP contribution >= 0.6 is 15.9 Å². The zero-order chi connectivity index (χ0) is 13.1. The van der Waals surface area contributed by atoms with Crippen LogP contribution in [0.3, 0.4) is 0 Å². The summed E-state index contributed by atoms with van der Waals surface area (Å²) in [6.45, 7) is 4.59. The number of benzene rings is 1. The first kappa shape index (κ1) is 13.7. The van der Waals surface area contributed by atoms with Crippen LogP contribution in [0.2, 0.25) is 0 Å². The molecule has 100 valence electrons. The first-order chi connectivity index (χ1) is 8.61. The zero-order valence-electron chi connectivity index (χ0n) is 10.8. The van der Waals surface area contributed by atoms with E-state index in [-0.39, 0.29) is 6.79 Å². The van der Waals surface area contributed by atoms with E-state index in [0.29, 0.717) is 11.7 Å². The van der Waals surface area contributed by atoms with Crippen LogP contribution in [-0.4, -0.2) is 11.9 Å². The van der Waals surface area contributed by atoms with Gasteiger partial charge in [0.1, 0.15) is 0 Å². The maximum absolute atomic E-state index is 10.3. The first-order valence-electron chi connectivity index (χ1n) is 6.39. The largest absolute Gasteiger partial charge is 0.454 e. The summed E-state index contributed by atoms with van der Waals surface area (Å²) < 4.78 is 11.5. The van der Waals surface area contributed by atoms with Gasteiger partial charge in [-0.3, -0.25) is 0 Å². The molecule has 3 nitrogen and oxygen atoms in total. The molecule has 0 aliphatic carbocycles. The van der Waals surface area contributed by atoms with Crippen LogP contribution < -0.4 is 9.47 Å². The van der Waals surface area contributed by atoms with E-state index in [0.717, 1.165) is 35.0 Å². The van der Waals surface area contributed by atoms with E-state index in [2.05, 4.69) is 29.8 Å². The van der Waals surface area contributed by atoms with Gasteiger partial charge in [0.05, 0.1) is 10.6 Å². The summed E-state index contributed by atoms with van der Waals surface area (Å²) in [5.41, 5.74) is 0.883. The number of ether oxygens (including phenoxy) is 2. The summed E-state index contributed by atoms with van der Waals surface area (Å²) >= 11 is 3.45. The minimum atomic E-state index is -0.447. The predicted octanol–water partition coefficient (Wildman–Crippen LogP) is 4.04. The van der Waals surface area contributed by atoms with Crippen LogP contribution in [0.1, 0.15) is 44.8 Å². The van der Waals surface area contributed by atoms with Gasteiger partial charge >= 0.3 is 0 Å². The summed E-state index contributed by atoms with van der Waals surface area (Å²) in [4.78, 5) is 0. The summed E-state index contributed by atoms with van der Waals surface area (Å²) in [5, 5.41) is 10.3. The van der Waals surface area contributed by atoms with Crippen LogP contribution in [0.4, 0.5) is 0 Å². The lowest BCUT2D eigenvalue weighted by Gasteiger charge is -2.17. The van der Waals surface area contributed by atoms with Gasteiger partial charge in [0, 0.05) is 0 Å². The fourth-order valence-electron chi connectivity index (χ4n) is 2.31. The molecule has 0 aromatic heterocycles. The molecule has 1 aromatic rings. The molecule has 0 spiro atoms. The van der Waals surface area contributed by atoms with Gasteiger partial charge in [0.15, 0.2) is 11.5 Å². The highest BCUT2D eigenvalue weighted by molar-refractivity contribution is 9.10. The molecule has 2 rings (SSSR count). The van der Waals surface area contributed by atoms with Crippen molar-refractivity contribution in [3.05, 3.63) is 22.2 Å². The minimum Gasteiger partial charge on any atom is -0.454 e. The van der Waals surface area contributed by atoms with E-state index >= 15 is 0 Å². The van der Waals surface area contributed by atoms with Crippen molar-refractivity contribution in [2.75, 3.05) is 6.79 Å². The Hall–Kier alpha value is -0.740. The van der Waals surface area contributed by atoms with Crippen molar-refractivity contribution in [3.63, 3.8) is 0 Å². The predicted molar refractivity (Wildman–Crippen MR) is 73.9 cm³/mol. The van der Waals surface area contributed by atoms with Crippen molar-refractivity contribution >= 4 is 15.9 Å². The molecular weight excluding hydrogens is 296 g/mol. The quantitative estimate of drug-likeness (QED) is 0.891. The number of hydrogen-bond acceptors (Lipinski definition) is 3. The second-order valence-corrected chi connectivity index (χ2v) is 5.74. The molecule has 2 atom stereocenters. The van der Waals surface area contributed by atoms with Gasteiger partial charge < -0.3 is 14.6 Å². The maximum Gasteiger partial charge on any atom is 0.231 e. The Balaban J connectivity index is 2.11. The van der Waals surface area contributed by atoms with Gasteiger partial charge in [-0.25, -0.2) is 0 Å². The molecule has 2 unspecified atom stereocenters. The first-order valence-corrected chi connectivity index (χ1v) is 7.18. The summed E-state index contributed by atoms with van der Waals surface area (Å²) in [6, 6.07) is 3.78. The van der Waals surface area contributed by atoms with E-state index in [9.17, 15) is 5.11 Å². The van der Waals surface area contributed by atoms with E-state index < -0.39 is 6.10 Å². The van der Waals surface area contributed by atoms with Crippen LogP contribution in [-0.2, 0) is 0 Å². The van der Waals surface area contributed by atoms with Crippen molar-refractivity contribution in [2.45, 2.75) is 39.2 Å². The monoisotopic (exact) mass is 314 g/mol. The SMILES string of the molecule is CCCC(C)CC(O)c1cc(Br)c2c(c1)OCO2. The molecule has 18 heavy (non-hydrogen) atoms. The van der Waals surface area contributed by atoms with Gasteiger partial charge in [-0.15, -0.1) is 0 Å². The summed E-state index contributed by atoms with van der Waals surface area (Å²) in [7, 11) is 0. The lowest BCUT2D eigenvalue weighted by molar-refractivity contribution is 0.144. The number of fused-ring (bicyclic) bond motifs is 1. The molecule has 4 heteroatoms. The van der Waals surface area contributed by atoms with Gasteiger partial charge in [0.2, 0.25) is 6.79 Å². The highest BCUT2D eigenvalue weighted by atomic mass is 79.9. The normalized spacial score (nSPS) is 16.7. The number of aliphatic hydroxyl groups is 1. The van der Waals surface area contributed by atoms with Crippen LogP contribution in [0.15, 0.2) is 16.6 Å². The standard InChI is InChI=1S/C14H19BrO3/c1-3-4-9(2)5-12(16)10-6-11(15)14-13(7-10)17-8-18-14/h6-7,9,12,16H,3-5,8H2,1-2H3. The van der Waals surface area contributed by atoms with Crippen molar-refractivity contribution in [1.29, 1.82) is 0 Å². The molecule has 0 amide bonds. The molecule has 1 N–H and O–H groups in total. The summed E-state index contributed by atoms with van der Waals surface area (Å²) in [6.07, 6.45) is 2.62. The van der Waals surface area contributed by atoms with Crippen LogP contribution in [0, 0.1) is 5.92 Å². The Bertz CT molecular complexity index is 420. The van der Waals surface area contributed by atoms with Gasteiger partial charge in [-0.2, -0.15) is 0 Å². The third kappa shape index (κ3) is 2.98. The maximum atomic E-state index is 10.3. The summed E-state index contributed by atoms with van der Waals surface area (Å²) in [5.74, 6) is 1.96. The van der Waals surface area contributed by atoms with Crippen molar-refractivity contribution in [3.8, 4) is 11.5 Å². The molecule has 0 saturated carbocycles. The molecule has 0 saturated heterocycles. The van der Waals surface area contributed by atoms with E-state index in [1.54, 1.807) is 0 Å². The molecule has 0 fully saturated rings. The Morgan fingerprint density at radius 2 is 2.17 bits per heavy atom. The molecule has 0 bridgehead atoms. The lowest BCUT2D eigenvalue weighted by Crippen LogP contribution is -2.04. The zero-order valence-corrected chi connectivity index (χ0v) is 12.4. The molecule has 1 aliphatic rings. The third-order valence-corrected chi connectivity index (χ3v) is 3.83. The molecule has 1 aromatic carbocycles. The number of halogens is 1. The van der Waals surface area contributed by atoms with E-state index in [4.69, 9.17) is 9.47 Å². The molecule has 1 heterocycles. The fraction of sp³-hybridized carbons (Fsp3) is 0.571. The van der Waals surface area contributed by atoms with Gasteiger partial charge in [-0.1, -0.05) is 26.7 Å². The molecule has 0 radical (unpaired) electrons. The Kier molecular flexibility index (Phi) is 4.51. The second kappa shape index (κ2) is 5.93. The highest BCUT2D eigenvalue weighted by Gasteiger charge is 2.21. The van der Waals surface area contributed by atoms with Crippen LogP contribution in [0.5, 0.6) is 11.5 Å². The lowest BCUT2D eigenvalue weighted by atomic mass is 9.95. The fourth-order valence-corrected chi connectivity index (χ4v) is 2.88. The number of rotatable bonds is 5. The average molecular weight is 315 g/mol.